The van der Waals surface area contributed by atoms with E-state index in [0.29, 0.717) is 48.6 Å². The molecule has 2 aliphatic rings. The van der Waals surface area contributed by atoms with Crippen molar-refractivity contribution in [1.29, 1.82) is 0 Å². The van der Waals surface area contributed by atoms with Crippen LogP contribution in [0.15, 0.2) is 41.6 Å². The van der Waals surface area contributed by atoms with E-state index in [1.807, 2.05) is 26.0 Å². The lowest BCUT2D eigenvalue weighted by Crippen LogP contribution is -2.45. The minimum Gasteiger partial charge on any atom is -0.395 e. The SMILES string of the molecule is CC(=O)Nc1cc(Nc2cc(C3(CO)CCOC3)cc(S(C)(=O)=O)n2)c(-c2ccc(N3C[C@@H](C)O[C@@H](C)C3)nn2)cn1. The number of aromatic nitrogens is 4. The number of morpholine rings is 1. The maximum Gasteiger partial charge on any atom is 0.222 e. The second-order valence-electron chi connectivity index (χ2n) is 11.0. The van der Waals surface area contributed by atoms with Crippen LogP contribution in [0.4, 0.5) is 23.1 Å². The molecule has 0 aliphatic carbocycles. The molecular formula is C28H35N7O6S. The molecule has 224 valence electrons. The topological polar surface area (TPSA) is 169 Å². The van der Waals surface area contributed by atoms with Crippen molar-refractivity contribution in [2.75, 3.05) is 54.7 Å². The summed E-state index contributed by atoms with van der Waals surface area (Å²) < 4.78 is 36.6. The molecular weight excluding hydrogens is 562 g/mol. The molecule has 0 aromatic carbocycles. The molecule has 0 spiro atoms. The van der Waals surface area contributed by atoms with Crippen LogP contribution in [0.5, 0.6) is 0 Å². The van der Waals surface area contributed by atoms with Gasteiger partial charge in [0.15, 0.2) is 20.7 Å². The van der Waals surface area contributed by atoms with Crippen molar-refractivity contribution in [3.63, 3.8) is 0 Å². The van der Waals surface area contributed by atoms with E-state index in [4.69, 9.17) is 9.47 Å². The highest BCUT2D eigenvalue weighted by atomic mass is 32.2. The molecule has 2 fully saturated rings. The first-order chi connectivity index (χ1) is 20.0. The first-order valence-corrected chi connectivity index (χ1v) is 15.6. The van der Waals surface area contributed by atoms with Gasteiger partial charge in [0, 0.05) is 56.1 Å². The fourth-order valence-corrected chi connectivity index (χ4v) is 5.87. The molecule has 2 aliphatic heterocycles. The Hall–Kier alpha value is -3.72. The number of amides is 1. The molecule has 14 heteroatoms. The minimum absolute atomic E-state index is 0.0670. The summed E-state index contributed by atoms with van der Waals surface area (Å²) in [5.74, 6) is 0.933. The van der Waals surface area contributed by atoms with Gasteiger partial charge in [0.1, 0.15) is 11.6 Å². The predicted molar refractivity (Wildman–Crippen MR) is 157 cm³/mol. The van der Waals surface area contributed by atoms with Crippen molar-refractivity contribution in [1.82, 2.24) is 20.2 Å². The van der Waals surface area contributed by atoms with Gasteiger partial charge in [0.25, 0.3) is 0 Å². The van der Waals surface area contributed by atoms with Crippen molar-refractivity contribution < 1.29 is 27.8 Å². The lowest BCUT2D eigenvalue weighted by atomic mass is 9.81. The van der Waals surface area contributed by atoms with Gasteiger partial charge < -0.3 is 30.1 Å². The lowest BCUT2D eigenvalue weighted by molar-refractivity contribution is -0.114. The van der Waals surface area contributed by atoms with E-state index in [2.05, 4.69) is 35.7 Å². The molecule has 1 amide bonds. The molecule has 2 saturated heterocycles. The number of pyridine rings is 2. The maximum absolute atomic E-state index is 12.6. The van der Waals surface area contributed by atoms with Crippen molar-refractivity contribution in [2.24, 2.45) is 0 Å². The first kappa shape index (κ1) is 29.8. The van der Waals surface area contributed by atoms with Crippen LogP contribution in [0.2, 0.25) is 0 Å². The van der Waals surface area contributed by atoms with Crippen LogP contribution in [0, 0.1) is 0 Å². The summed E-state index contributed by atoms with van der Waals surface area (Å²) in [7, 11) is -3.69. The number of sulfone groups is 1. The van der Waals surface area contributed by atoms with Crippen LogP contribution in [-0.4, -0.2) is 91.0 Å². The number of nitrogens with zero attached hydrogens (tertiary/aromatic N) is 5. The van der Waals surface area contributed by atoms with Gasteiger partial charge in [0.05, 0.1) is 36.8 Å². The molecule has 3 N–H and O–H groups in total. The lowest BCUT2D eigenvalue weighted by Gasteiger charge is -2.35. The molecule has 3 aromatic rings. The number of hydrogen-bond donors (Lipinski definition) is 3. The predicted octanol–water partition coefficient (Wildman–Crippen LogP) is 2.30. The molecule has 3 aromatic heterocycles. The molecule has 0 saturated carbocycles. The smallest absolute Gasteiger partial charge is 0.222 e. The van der Waals surface area contributed by atoms with E-state index in [0.717, 1.165) is 12.1 Å². The number of aliphatic hydroxyl groups is 1. The van der Waals surface area contributed by atoms with Crippen LogP contribution in [0.1, 0.15) is 32.8 Å². The van der Waals surface area contributed by atoms with Gasteiger partial charge in [0.2, 0.25) is 5.91 Å². The number of hydrogen-bond acceptors (Lipinski definition) is 12. The zero-order valence-electron chi connectivity index (χ0n) is 24.0. The van der Waals surface area contributed by atoms with E-state index in [9.17, 15) is 18.3 Å². The number of nitrogens with one attached hydrogen (secondary N) is 2. The number of carbonyl (C=O) groups is 1. The maximum atomic E-state index is 12.6. The molecule has 0 bridgehead atoms. The third-order valence-electron chi connectivity index (χ3n) is 7.34. The van der Waals surface area contributed by atoms with Crippen molar-refractivity contribution >= 4 is 38.9 Å². The Kier molecular flexibility index (Phi) is 8.42. The molecule has 1 unspecified atom stereocenters. The van der Waals surface area contributed by atoms with Crippen molar-refractivity contribution in [2.45, 2.75) is 49.8 Å². The van der Waals surface area contributed by atoms with Crippen molar-refractivity contribution in [3.05, 3.63) is 42.1 Å². The second-order valence-corrected chi connectivity index (χ2v) is 12.9. The van der Waals surface area contributed by atoms with Gasteiger partial charge in [-0.15, -0.1) is 10.2 Å². The van der Waals surface area contributed by atoms with Gasteiger partial charge >= 0.3 is 0 Å². The third-order valence-corrected chi connectivity index (χ3v) is 8.31. The highest BCUT2D eigenvalue weighted by Gasteiger charge is 2.37. The van der Waals surface area contributed by atoms with Gasteiger partial charge in [-0.05, 0) is 50.1 Å². The molecule has 3 atom stereocenters. The summed E-state index contributed by atoms with van der Waals surface area (Å²) in [4.78, 5) is 22.6. The summed E-state index contributed by atoms with van der Waals surface area (Å²) in [6, 6.07) is 8.52. The zero-order valence-corrected chi connectivity index (χ0v) is 24.8. The molecule has 5 heterocycles. The Morgan fingerprint density at radius 3 is 2.50 bits per heavy atom. The Bertz CT molecular complexity index is 1550. The van der Waals surface area contributed by atoms with E-state index >= 15 is 0 Å². The summed E-state index contributed by atoms with van der Waals surface area (Å²) in [6.07, 6.45) is 3.30. The van der Waals surface area contributed by atoms with Crippen LogP contribution in [0.3, 0.4) is 0 Å². The molecule has 5 rings (SSSR count). The average Bonchev–Trinajstić information content (AvgIpc) is 3.43. The minimum atomic E-state index is -3.69. The fourth-order valence-electron chi connectivity index (χ4n) is 5.27. The first-order valence-electron chi connectivity index (χ1n) is 13.7. The van der Waals surface area contributed by atoms with Crippen molar-refractivity contribution in [3.8, 4) is 11.3 Å². The van der Waals surface area contributed by atoms with Crippen LogP contribution in [-0.2, 0) is 29.5 Å². The second kappa shape index (κ2) is 11.9. The largest absolute Gasteiger partial charge is 0.395 e. The van der Waals surface area contributed by atoms with E-state index in [1.165, 1.54) is 13.0 Å². The normalized spacial score (nSPS) is 22.6. The summed E-state index contributed by atoms with van der Waals surface area (Å²) in [6.45, 7) is 7.30. The number of aliphatic hydroxyl groups excluding tert-OH is 1. The van der Waals surface area contributed by atoms with Gasteiger partial charge in [-0.1, -0.05) is 0 Å². The van der Waals surface area contributed by atoms with Crippen LogP contribution >= 0.6 is 0 Å². The summed E-state index contributed by atoms with van der Waals surface area (Å²) >= 11 is 0. The van der Waals surface area contributed by atoms with Gasteiger partial charge in [-0.3, -0.25) is 4.79 Å². The third kappa shape index (κ3) is 6.51. The monoisotopic (exact) mass is 597 g/mol. The van der Waals surface area contributed by atoms with Gasteiger partial charge in [-0.2, -0.15) is 0 Å². The number of ether oxygens (including phenoxy) is 2. The summed E-state index contributed by atoms with van der Waals surface area (Å²) in [5.41, 5.74) is 1.37. The number of carbonyl (C=O) groups excluding carboxylic acids is 1. The average molecular weight is 598 g/mol. The Morgan fingerprint density at radius 2 is 1.90 bits per heavy atom. The Labute approximate surface area is 244 Å². The van der Waals surface area contributed by atoms with Crippen LogP contribution in [0.25, 0.3) is 11.3 Å². The number of rotatable bonds is 8. The molecule has 13 nitrogen and oxygen atoms in total. The summed E-state index contributed by atoms with van der Waals surface area (Å²) in [5, 5.41) is 24.9. The standard InChI is InChI=1S/C28H35N7O6S/c1-17-13-35(14-18(2)41-17)26-6-5-22(33-34-26)21-12-29-24(30-19(3)37)11-23(21)31-25-9-20(10-27(32-25)42(4,38)39)28(15-36)7-8-40-16-28/h5-6,9-12,17-18,36H,7-8,13-16H2,1-4H3,(H2,29,30,31,32,37)/t17-,18+,28?. The highest BCUT2D eigenvalue weighted by Crippen LogP contribution is 2.37. The number of anilines is 4. The Morgan fingerprint density at radius 1 is 1.14 bits per heavy atom. The van der Waals surface area contributed by atoms with E-state index < -0.39 is 15.3 Å². The molecule has 42 heavy (non-hydrogen) atoms. The van der Waals surface area contributed by atoms with Crippen LogP contribution < -0.4 is 15.5 Å². The fraction of sp³-hybridized carbons (Fsp3) is 0.464. The highest BCUT2D eigenvalue weighted by molar-refractivity contribution is 7.90. The van der Waals surface area contributed by atoms with E-state index in [1.54, 1.807) is 18.3 Å². The Balaban J connectivity index is 1.54. The van der Waals surface area contributed by atoms with E-state index in [-0.39, 0.29) is 48.0 Å². The van der Waals surface area contributed by atoms with Gasteiger partial charge in [-0.25, -0.2) is 18.4 Å². The quantitative estimate of drug-likeness (QED) is 0.347. The zero-order chi connectivity index (χ0) is 30.1. The molecule has 0 radical (unpaired) electrons.